The van der Waals surface area contributed by atoms with Crippen molar-refractivity contribution in [2.45, 2.75) is 26.7 Å². The van der Waals surface area contributed by atoms with Gasteiger partial charge in [0.2, 0.25) is 0 Å². The van der Waals surface area contributed by atoms with E-state index in [9.17, 15) is 0 Å². The van der Waals surface area contributed by atoms with Crippen LogP contribution in [-0.4, -0.2) is 20.7 Å². The smallest absolute Gasteiger partial charge is 0.128 e. The summed E-state index contributed by atoms with van der Waals surface area (Å²) in [5, 5.41) is 0. The maximum absolute atomic E-state index is 5.53. The predicted molar refractivity (Wildman–Crippen MR) is 74.0 cm³/mol. The van der Waals surface area contributed by atoms with Gasteiger partial charge < -0.3 is 9.64 Å². The number of rotatable bonds is 2. The standard InChI is InChI=1S/C15H21NO/c1-10(2)12-7-14-13(15(8-12)17-5)6-11(3)9-16(14)4/h6-8,10H,9H2,1-5H3. The van der Waals surface area contributed by atoms with Gasteiger partial charge >= 0.3 is 0 Å². The van der Waals surface area contributed by atoms with Crippen LogP contribution < -0.4 is 9.64 Å². The molecule has 2 heteroatoms. The first kappa shape index (κ1) is 12.0. The Morgan fingerprint density at radius 3 is 2.59 bits per heavy atom. The zero-order valence-electron chi connectivity index (χ0n) is 11.4. The molecule has 0 bridgehead atoms. The minimum absolute atomic E-state index is 0.523. The lowest BCUT2D eigenvalue weighted by atomic mass is 9.95. The van der Waals surface area contributed by atoms with Crippen LogP contribution in [0.2, 0.25) is 0 Å². The lowest BCUT2D eigenvalue weighted by Gasteiger charge is -2.29. The number of methoxy groups -OCH3 is 1. The molecule has 0 saturated carbocycles. The van der Waals surface area contributed by atoms with E-state index in [2.05, 4.69) is 50.9 Å². The molecule has 0 aliphatic carbocycles. The number of benzene rings is 1. The molecule has 1 aliphatic rings. The molecule has 1 heterocycles. The van der Waals surface area contributed by atoms with Gasteiger partial charge in [-0.1, -0.05) is 19.4 Å². The lowest BCUT2D eigenvalue weighted by molar-refractivity contribution is 0.413. The van der Waals surface area contributed by atoms with Gasteiger partial charge in [0.1, 0.15) is 5.75 Å². The molecule has 0 unspecified atom stereocenters. The Morgan fingerprint density at radius 1 is 1.29 bits per heavy atom. The van der Waals surface area contributed by atoms with E-state index in [4.69, 9.17) is 4.74 Å². The Hall–Kier alpha value is -1.44. The summed E-state index contributed by atoms with van der Waals surface area (Å²) in [5.41, 5.74) is 5.19. The molecule has 0 fully saturated rings. The van der Waals surface area contributed by atoms with Gasteiger partial charge in [-0.15, -0.1) is 0 Å². The number of likely N-dealkylation sites (N-methyl/N-ethyl adjacent to an activating group) is 1. The molecule has 1 aromatic carbocycles. The molecule has 0 amide bonds. The fourth-order valence-corrected chi connectivity index (χ4v) is 2.35. The Kier molecular flexibility index (Phi) is 3.14. The summed E-state index contributed by atoms with van der Waals surface area (Å²) >= 11 is 0. The largest absolute Gasteiger partial charge is 0.496 e. The van der Waals surface area contributed by atoms with Gasteiger partial charge in [-0.3, -0.25) is 0 Å². The molecule has 0 spiro atoms. The van der Waals surface area contributed by atoms with Crippen molar-refractivity contribution in [1.29, 1.82) is 0 Å². The van der Waals surface area contributed by atoms with Gasteiger partial charge in [0.05, 0.1) is 7.11 Å². The van der Waals surface area contributed by atoms with Crippen molar-refractivity contribution in [1.82, 2.24) is 0 Å². The van der Waals surface area contributed by atoms with Crippen LogP contribution in [0, 0.1) is 0 Å². The fraction of sp³-hybridized carbons (Fsp3) is 0.467. The van der Waals surface area contributed by atoms with E-state index in [1.54, 1.807) is 7.11 Å². The maximum atomic E-state index is 5.53. The van der Waals surface area contributed by atoms with Crippen LogP contribution in [0.4, 0.5) is 5.69 Å². The second-order valence-electron chi connectivity index (χ2n) is 5.16. The number of ether oxygens (including phenoxy) is 1. The quantitative estimate of drug-likeness (QED) is 0.770. The van der Waals surface area contributed by atoms with E-state index in [-0.39, 0.29) is 0 Å². The van der Waals surface area contributed by atoms with Gasteiger partial charge in [0.15, 0.2) is 0 Å². The second kappa shape index (κ2) is 4.44. The molecule has 0 saturated heterocycles. The van der Waals surface area contributed by atoms with E-state index in [1.165, 1.54) is 22.4 Å². The van der Waals surface area contributed by atoms with Crippen molar-refractivity contribution in [3.8, 4) is 5.75 Å². The van der Waals surface area contributed by atoms with Gasteiger partial charge in [0.25, 0.3) is 0 Å². The summed E-state index contributed by atoms with van der Waals surface area (Å²) in [5.74, 6) is 1.51. The number of anilines is 1. The van der Waals surface area contributed by atoms with Crippen molar-refractivity contribution in [2.75, 3.05) is 25.6 Å². The van der Waals surface area contributed by atoms with E-state index >= 15 is 0 Å². The molecule has 0 N–H and O–H groups in total. The first-order valence-corrected chi connectivity index (χ1v) is 6.13. The van der Waals surface area contributed by atoms with E-state index in [0.717, 1.165) is 12.3 Å². The molecule has 2 nitrogen and oxygen atoms in total. The van der Waals surface area contributed by atoms with E-state index < -0.39 is 0 Å². The average molecular weight is 231 g/mol. The zero-order chi connectivity index (χ0) is 12.6. The zero-order valence-corrected chi connectivity index (χ0v) is 11.4. The van der Waals surface area contributed by atoms with Crippen LogP contribution in [0.5, 0.6) is 5.75 Å². The summed E-state index contributed by atoms with van der Waals surface area (Å²) in [6.45, 7) is 7.59. The van der Waals surface area contributed by atoms with Crippen LogP contribution in [0.3, 0.4) is 0 Å². The Bertz CT molecular complexity index is 460. The number of hydrogen-bond donors (Lipinski definition) is 0. The first-order valence-electron chi connectivity index (χ1n) is 6.13. The van der Waals surface area contributed by atoms with E-state index in [0.29, 0.717) is 5.92 Å². The van der Waals surface area contributed by atoms with Crippen LogP contribution in [0.25, 0.3) is 6.08 Å². The van der Waals surface area contributed by atoms with E-state index in [1.807, 2.05) is 0 Å². The first-order chi connectivity index (χ1) is 8.02. The minimum Gasteiger partial charge on any atom is -0.496 e. The summed E-state index contributed by atoms with van der Waals surface area (Å²) < 4.78 is 5.53. The van der Waals surface area contributed by atoms with Gasteiger partial charge in [-0.2, -0.15) is 0 Å². The number of nitrogens with zero attached hydrogens (tertiary/aromatic N) is 1. The Labute approximate surface area is 104 Å². The van der Waals surface area contributed by atoms with Crippen LogP contribution in [-0.2, 0) is 0 Å². The number of hydrogen-bond acceptors (Lipinski definition) is 2. The molecular formula is C15H21NO. The van der Waals surface area contributed by atoms with Gasteiger partial charge in [-0.05, 0) is 36.6 Å². The van der Waals surface area contributed by atoms with Crippen molar-refractivity contribution < 1.29 is 4.74 Å². The third-order valence-corrected chi connectivity index (χ3v) is 3.32. The maximum Gasteiger partial charge on any atom is 0.128 e. The molecule has 0 aromatic heterocycles. The lowest BCUT2D eigenvalue weighted by Crippen LogP contribution is -2.23. The topological polar surface area (TPSA) is 12.5 Å². The molecular weight excluding hydrogens is 210 g/mol. The summed E-state index contributed by atoms with van der Waals surface area (Å²) in [6.07, 6.45) is 2.23. The average Bonchev–Trinajstić information content (AvgIpc) is 2.27. The highest BCUT2D eigenvalue weighted by Crippen LogP contribution is 2.37. The third-order valence-electron chi connectivity index (χ3n) is 3.32. The molecule has 92 valence electrons. The molecule has 2 rings (SSSR count). The second-order valence-corrected chi connectivity index (χ2v) is 5.16. The SMILES string of the molecule is COc1cc(C(C)C)cc2c1C=C(C)CN2C. The normalized spacial score (nSPS) is 14.7. The summed E-state index contributed by atoms with van der Waals surface area (Å²) in [7, 11) is 3.89. The van der Waals surface area contributed by atoms with Crippen LogP contribution in [0.15, 0.2) is 17.7 Å². The van der Waals surface area contributed by atoms with Crippen LogP contribution in [0.1, 0.15) is 37.8 Å². The third kappa shape index (κ3) is 2.17. The summed E-state index contributed by atoms with van der Waals surface area (Å²) in [6, 6.07) is 4.44. The van der Waals surface area contributed by atoms with Crippen LogP contribution >= 0.6 is 0 Å². The monoisotopic (exact) mass is 231 g/mol. The minimum atomic E-state index is 0.523. The highest BCUT2D eigenvalue weighted by Gasteiger charge is 2.18. The molecule has 1 aliphatic heterocycles. The Morgan fingerprint density at radius 2 is 2.00 bits per heavy atom. The molecule has 0 radical (unpaired) electrons. The highest BCUT2D eigenvalue weighted by molar-refractivity contribution is 5.78. The van der Waals surface area contributed by atoms with Crippen molar-refractivity contribution in [3.05, 3.63) is 28.8 Å². The fourth-order valence-electron chi connectivity index (χ4n) is 2.35. The molecule has 0 atom stereocenters. The van der Waals surface area contributed by atoms with Gasteiger partial charge in [0, 0.05) is 24.8 Å². The predicted octanol–water partition coefficient (Wildman–Crippen LogP) is 3.67. The van der Waals surface area contributed by atoms with Crippen molar-refractivity contribution in [2.24, 2.45) is 0 Å². The van der Waals surface area contributed by atoms with Crippen molar-refractivity contribution >= 4 is 11.8 Å². The highest BCUT2D eigenvalue weighted by atomic mass is 16.5. The molecule has 17 heavy (non-hydrogen) atoms. The van der Waals surface area contributed by atoms with Crippen molar-refractivity contribution in [3.63, 3.8) is 0 Å². The molecule has 1 aromatic rings. The Balaban J connectivity index is 2.62. The van der Waals surface area contributed by atoms with Gasteiger partial charge in [-0.25, -0.2) is 0 Å². The number of fused-ring (bicyclic) bond motifs is 1. The summed E-state index contributed by atoms with van der Waals surface area (Å²) in [4.78, 5) is 2.29.